The highest BCUT2D eigenvalue weighted by molar-refractivity contribution is 14.0. The van der Waals surface area contributed by atoms with Crippen LogP contribution in [0.1, 0.15) is 68.3 Å². The Kier molecular flexibility index (Phi) is 11.1. The largest absolute Gasteiger partial charge is 0.376 e. The maximum Gasteiger partial charge on any atom is 0.251 e. The first kappa shape index (κ1) is 25.9. The van der Waals surface area contributed by atoms with Gasteiger partial charge < -0.3 is 20.7 Å². The lowest BCUT2D eigenvalue weighted by Crippen LogP contribution is -2.44. The molecule has 1 aliphatic heterocycles. The highest BCUT2D eigenvalue weighted by atomic mass is 127. The van der Waals surface area contributed by atoms with Crippen molar-refractivity contribution in [3.05, 3.63) is 35.4 Å². The van der Waals surface area contributed by atoms with Gasteiger partial charge in [-0.05, 0) is 68.1 Å². The first-order chi connectivity index (χ1) is 14.5. The number of rotatable bonds is 7. The van der Waals surface area contributed by atoms with E-state index in [9.17, 15) is 4.79 Å². The van der Waals surface area contributed by atoms with Crippen LogP contribution in [0.5, 0.6) is 0 Å². The molecule has 1 saturated carbocycles. The van der Waals surface area contributed by atoms with Crippen LogP contribution in [-0.2, 0) is 11.3 Å². The van der Waals surface area contributed by atoms with E-state index in [1.807, 2.05) is 31.3 Å². The van der Waals surface area contributed by atoms with E-state index in [1.54, 1.807) is 0 Å². The summed E-state index contributed by atoms with van der Waals surface area (Å²) < 4.78 is 5.58. The molecule has 7 heteroatoms. The lowest BCUT2D eigenvalue weighted by molar-refractivity contribution is 0.0857. The molecule has 174 valence electrons. The number of halogens is 1. The van der Waals surface area contributed by atoms with Gasteiger partial charge >= 0.3 is 0 Å². The molecular weight excluding hydrogens is 503 g/mol. The summed E-state index contributed by atoms with van der Waals surface area (Å²) in [5.41, 5.74) is 1.74. The second-order valence-electron chi connectivity index (χ2n) is 8.97. The first-order valence-electron chi connectivity index (χ1n) is 11.5. The summed E-state index contributed by atoms with van der Waals surface area (Å²) in [4.78, 5) is 16.8. The fourth-order valence-corrected chi connectivity index (χ4v) is 4.44. The minimum absolute atomic E-state index is 0. The molecule has 2 fully saturated rings. The van der Waals surface area contributed by atoms with Crippen LogP contribution in [0.3, 0.4) is 0 Å². The van der Waals surface area contributed by atoms with E-state index >= 15 is 0 Å². The number of hydrogen-bond donors (Lipinski definition) is 3. The van der Waals surface area contributed by atoms with Gasteiger partial charge in [-0.15, -0.1) is 24.0 Å². The normalized spacial score (nSPS) is 23.9. The number of guanidine groups is 1. The topological polar surface area (TPSA) is 74.8 Å². The second kappa shape index (κ2) is 13.3. The van der Waals surface area contributed by atoms with Crippen molar-refractivity contribution in [1.82, 2.24) is 16.0 Å². The van der Waals surface area contributed by atoms with Gasteiger partial charge in [0.25, 0.3) is 5.91 Å². The number of hydrogen-bond acceptors (Lipinski definition) is 3. The predicted molar refractivity (Wildman–Crippen MR) is 137 cm³/mol. The minimum atomic E-state index is -0.0447. The molecule has 0 radical (unpaired) electrons. The summed E-state index contributed by atoms with van der Waals surface area (Å²) in [5, 5.41) is 9.96. The Morgan fingerprint density at radius 2 is 1.94 bits per heavy atom. The molecule has 1 aliphatic carbocycles. The van der Waals surface area contributed by atoms with Gasteiger partial charge in [-0.3, -0.25) is 9.79 Å². The Morgan fingerprint density at radius 1 is 1.16 bits per heavy atom. The number of carbonyl (C=O) groups is 1. The van der Waals surface area contributed by atoms with Gasteiger partial charge in [-0.2, -0.15) is 0 Å². The van der Waals surface area contributed by atoms with Gasteiger partial charge in [0.15, 0.2) is 5.96 Å². The van der Waals surface area contributed by atoms with Crippen molar-refractivity contribution >= 4 is 35.8 Å². The predicted octanol–water partition coefficient (Wildman–Crippen LogP) is 4.09. The molecule has 1 unspecified atom stereocenters. The Bertz CT molecular complexity index is 711. The summed E-state index contributed by atoms with van der Waals surface area (Å²) in [7, 11) is 1.81. The molecule has 1 amide bonds. The van der Waals surface area contributed by atoms with E-state index < -0.39 is 0 Å². The molecule has 0 spiro atoms. The Labute approximate surface area is 204 Å². The standard InChI is InChI=1S/C24H38N4O2.HI/c1-17(2)19-9-11-21(12-10-19)28-24(25-3)27-15-18-6-4-7-20(14-18)23(29)26-16-22-8-5-13-30-22;/h4,6-7,14,17,19,21-22H,5,8-13,15-16H2,1-3H3,(H,26,29)(H2,25,27,28);1H. The van der Waals surface area contributed by atoms with E-state index in [4.69, 9.17) is 4.74 Å². The Morgan fingerprint density at radius 3 is 2.58 bits per heavy atom. The van der Waals surface area contributed by atoms with Crippen molar-refractivity contribution in [3.63, 3.8) is 0 Å². The molecule has 3 N–H and O–H groups in total. The highest BCUT2D eigenvalue weighted by Gasteiger charge is 2.23. The van der Waals surface area contributed by atoms with Gasteiger partial charge in [-0.25, -0.2) is 0 Å². The van der Waals surface area contributed by atoms with Crippen LogP contribution in [-0.4, -0.2) is 44.2 Å². The average Bonchev–Trinajstić information content (AvgIpc) is 3.29. The van der Waals surface area contributed by atoms with Crippen LogP contribution < -0.4 is 16.0 Å². The Hall–Kier alpha value is -1.35. The first-order valence-corrected chi connectivity index (χ1v) is 11.5. The molecular formula is C24H39IN4O2. The van der Waals surface area contributed by atoms with Crippen molar-refractivity contribution in [3.8, 4) is 0 Å². The summed E-state index contributed by atoms with van der Waals surface area (Å²) in [6.45, 7) is 6.67. The van der Waals surface area contributed by atoms with Crippen LogP contribution in [0.15, 0.2) is 29.3 Å². The van der Waals surface area contributed by atoms with Gasteiger partial charge in [0.1, 0.15) is 0 Å². The number of nitrogens with zero attached hydrogens (tertiary/aromatic N) is 1. The molecule has 1 heterocycles. The van der Waals surface area contributed by atoms with Crippen LogP contribution >= 0.6 is 24.0 Å². The Balaban J connectivity index is 0.00000341. The SMILES string of the molecule is CN=C(NCc1cccc(C(=O)NCC2CCCO2)c1)NC1CCC(C(C)C)CC1.I. The van der Waals surface area contributed by atoms with Gasteiger partial charge in [-0.1, -0.05) is 26.0 Å². The summed E-state index contributed by atoms with van der Waals surface area (Å²) >= 11 is 0. The molecule has 1 aromatic carbocycles. The third-order valence-electron chi connectivity index (χ3n) is 6.44. The van der Waals surface area contributed by atoms with E-state index in [-0.39, 0.29) is 36.0 Å². The number of carbonyl (C=O) groups excluding carboxylic acids is 1. The van der Waals surface area contributed by atoms with Gasteiger partial charge in [0.2, 0.25) is 0 Å². The smallest absolute Gasteiger partial charge is 0.251 e. The van der Waals surface area contributed by atoms with E-state index in [2.05, 4.69) is 34.8 Å². The molecule has 31 heavy (non-hydrogen) atoms. The van der Waals surface area contributed by atoms with Crippen molar-refractivity contribution in [2.24, 2.45) is 16.8 Å². The number of amides is 1. The number of aliphatic imine (C=N–C) groups is 1. The minimum Gasteiger partial charge on any atom is -0.376 e. The highest BCUT2D eigenvalue weighted by Crippen LogP contribution is 2.29. The third kappa shape index (κ3) is 8.25. The molecule has 3 rings (SSSR count). The van der Waals surface area contributed by atoms with Crippen LogP contribution in [0.4, 0.5) is 0 Å². The zero-order valence-corrected chi connectivity index (χ0v) is 21.5. The maximum atomic E-state index is 12.5. The number of ether oxygens (including phenoxy) is 1. The van der Waals surface area contributed by atoms with Gasteiger partial charge in [0.05, 0.1) is 6.10 Å². The molecule has 6 nitrogen and oxygen atoms in total. The maximum absolute atomic E-state index is 12.5. The summed E-state index contributed by atoms with van der Waals surface area (Å²) in [6, 6.07) is 8.25. The van der Waals surface area contributed by atoms with Crippen molar-refractivity contribution < 1.29 is 9.53 Å². The van der Waals surface area contributed by atoms with Crippen molar-refractivity contribution in [2.45, 2.75) is 71.1 Å². The fraction of sp³-hybridized carbons (Fsp3) is 0.667. The van der Waals surface area contributed by atoms with E-state index in [0.29, 0.717) is 24.7 Å². The summed E-state index contributed by atoms with van der Waals surface area (Å²) in [5.74, 6) is 2.42. The number of nitrogens with one attached hydrogen (secondary N) is 3. The molecule has 2 aliphatic rings. The third-order valence-corrected chi connectivity index (χ3v) is 6.44. The molecule has 1 saturated heterocycles. The van der Waals surface area contributed by atoms with Gasteiger partial charge in [0, 0.05) is 38.3 Å². The van der Waals surface area contributed by atoms with Crippen LogP contribution in [0, 0.1) is 11.8 Å². The number of benzene rings is 1. The zero-order valence-electron chi connectivity index (χ0n) is 19.2. The van der Waals surface area contributed by atoms with Crippen molar-refractivity contribution in [1.29, 1.82) is 0 Å². The van der Waals surface area contributed by atoms with Crippen LogP contribution in [0.25, 0.3) is 0 Å². The molecule has 1 atom stereocenters. The molecule has 0 bridgehead atoms. The fourth-order valence-electron chi connectivity index (χ4n) is 4.44. The zero-order chi connectivity index (χ0) is 21.3. The summed E-state index contributed by atoms with van der Waals surface area (Å²) in [6.07, 6.45) is 7.23. The van der Waals surface area contributed by atoms with E-state index in [0.717, 1.165) is 42.8 Å². The average molecular weight is 543 g/mol. The quantitative estimate of drug-likeness (QED) is 0.276. The van der Waals surface area contributed by atoms with E-state index in [1.165, 1.54) is 25.7 Å². The lowest BCUT2D eigenvalue weighted by Gasteiger charge is -2.32. The van der Waals surface area contributed by atoms with Crippen molar-refractivity contribution in [2.75, 3.05) is 20.2 Å². The molecule has 0 aromatic heterocycles. The molecule has 1 aromatic rings. The van der Waals surface area contributed by atoms with Crippen LogP contribution in [0.2, 0.25) is 0 Å². The monoisotopic (exact) mass is 542 g/mol. The second-order valence-corrected chi connectivity index (χ2v) is 8.97. The lowest BCUT2D eigenvalue weighted by atomic mass is 9.80.